The highest BCUT2D eigenvalue weighted by Gasteiger charge is 2.36. The van der Waals surface area contributed by atoms with E-state index in [1.54, 1.807) is 24.5 Å². The molecule has 0 bridgehead atoms. The van der Waals surface area contributed by atoms with Gasteiger partial charge in [-0.1, -0.05) is 0 Å². The summed E-state index contributed by atoms with van der Waals surface area (Å²) >= 11 is 0. The Morgan fingerprint density at radius 1 is 1.26 bits per heavy atom. The van der Waals surface area contributed by atoms with E-state index in [-0.39, 0.29) is 18.0 Å². The van der Waals surface area contributed by atoms with Gasteiger partial charge in [0, 0.05) is 16.6 Å². The number of ether oxygens (including phenoxy) is 1. The molecule has 2 heterocycles. The van der Waals surface area contributed by atoms with Crippen LogP contribution in [0.15, 0.2) is 36.5 Å². The lowest BCUT2D eigenvalue weighted by Gasteiger charge is -2.19. The van der Waals surface area contributed by atoms with Crippen molar-refractivity contribution in [3.05, 3.63) is 59.3 Å². The molecule has 3 rings (SSSR count). The number of nitriles is 1. The van der Waals surface area contributed by atoms with Crippen LogP contribution in [0.25, 0.3) is 10.9 Å². The van der Waals surface area contributed by atoms with Crippen LogP contribution in [0.2, 0.25) is 0 Å². The molecule has 0 N–H and O–H groups in total. The molecule has 8 heteroatoms. The molecule has 0 unspecified atom stereocenters. The summed E-state index contributed by atoms with van der Waals surface area (Å²) in [7, 11) is 0. The van der Waals surface area contributed by atoms with Crippen molar-refractivity contribution in [1.82, 2.24) is 9.55 Å². The molecular weight excluding hydrogens is 362 g/mol. The van der Waals surface area contributed by atoms with Gasteiger partial charge in [-0.2, -0.15) is 22.8 Å². The highest BCUT2D eigenvalue weighted by atomic mass is 19.4. The van der Waals surface area contributed by atoms with Crippen LogP contribution in [0.5, 0.6) is 5.75 Å². The predicted octanol–water partition coefficient (Wildman–Crippen LogP) is 5.01. The number of aryl methyl sites for hydroxylation is 1. The Kier molecular flexibility index (Phi) is 4.79. The molecule has 0 spiro atoms. The summed E-state index contributed by atoms with van der Waals surface area (Å²) in [6.07, 6.45) is -3.40. The van der Waals surface area contributed by atoms with Crippen LogP contribution < -0.4 is 4.74 Å². The van der Waals surface area contributed by atoms with Gasteiger partial charge >= 0.3 is 6.18 Å². The standard InChI is InChI=1S/C19H15F4N3O/c1-11-7-15-16(5-3-13(8-24)18(15)19(21,22)23)26(11)12(2)10-27-14-4-6-17(20)25-9-14/h3-7,9,12H,10H2,1-2H3/t12-/m1/s1. The molecule has 0 saturated heterocycles. The molecule has 0 saturated carbocycles. The van der Waals surface area contributed by atoms with Gasteiger partial charge in [-0.25, -0.2) is 4.98 Å². The molecular formula is C19H15F4N3O. The maximum atomic E-state index is 13.5. The monoisotopic (exact) mass is 377 g/mol. The third kappa shape index (κ3) is 3.58. The van der Waals surface area contributed by atoms with Gasteiger partial charge in [0.05, 0.1) is 29.4 Å². The molecule has 0 radical (unpaired) electrons. The van der Waals surface area contributed by atoms with E-state index in [1.807, 2.05) is 0 Å². The molecule has 1 atom stereocenters. The van der Waals surface area contributed by atoms with Gasteiger partial charge in [-0.05, 0) is 44.2 Å². The van der Waals surface area contributed by atoms with Crippen LogP contribution >= 0.6 is 0 Å². The van der Waals surface area contributed by atoms with E-state index in [2.05, 4.69) is 4.98 Å². The smallest absolute Gasteiger partial charge is 0.418 e. The van der Waals surface area contributed by atoms with Gasteiger partial charge in [-0.3, -0.25) is 0 Å². The fraction of sp³-hybridized carbons (Fsp3) is 0.263. The zero-order valence-corrected chi connectivity index (χ0v) is 14.5. The van der Waals surface area contributed by atoms with Gasteiger partial charge in [0.15, 0.2) is 0 Å². The van der Waals surface area contributed by atoms with E-state index in [1.165, 1.54) is 30.5 Å². The first-order valence-electron chi connectivity index (χ1n) is 8.08. The number of benzene rings is 1. The highest BCUT2D eigenvalue weighted by Crippen LogP contribution is 2.39. The van der Waals surface area contributed by atoms with Crippen molar-refractivity contribution < 1.29 is 22.3 Å². The van der Waals surface area contributed by atoms with Crippen LogP contribution in [0.4, 0.5) is 17.6 Å². The van der Waals surface area contributed by atoms with Gasteiger partial charge in [0.25, 0.3) is 0 Å². The van der Waals surface area contributed by atoms with Gasteiger partial charge < -0.3 is 9.30 Å². The summed E-state index contributed by atoms with van der Waals surface area (Å²) in [6.45, 7) is 3.65. The third-order valence-corrected chi connectivity index (χ3v) is 4.25. The SMILES string of the molecule is Cc1cc2c(C(F)(F)F)c(C#N)ccc2n1[C@H](C)COc1ccc(F)nc1. The quantitative estimate of drug-likeness (QED) is 0.474. The van der Waals surface area contributed by atoms with E-state index in [0.29, 0.717) is 17.0 Å². The molecule has 27 heavy (non-hydrogen) atoms. The Morgan fingerprint density at radius 2 is 2.00 bits per heavy atom. The Balaban J connectivity index is 1.98. The number of hydrogen-bond donors (Lipinski definition) is 0. The van der Waals surface area contributed by atoms with Crippen molar-refractivity contribution in [2.24, 2.45) is 0 Å². The lowest BCUT2D eigenvalue weighted by molar-refractivity contribution is -0.136. The van der Waals surface area contributed by atoms with E-state index in [4.69, 9.17) is 10.00 Å². The minimum Gasteiger partial charge on any atom is -0.490 e. The summed E-state index contributed by atoms with van der Waals surface area (Å²) in [4.78, 5) is 3.49. The molecule has 0 aliphatic carbocycles. The normalized spacial score (nSPS) is 12.8. The molecule has 0 aliphatic heterocycles. The second-order valence-electron chi connectivity index (χ2n) is 6.16. The molecule has 3 aromatic rings. The number of hydrogen-bond acceptors (Lipinski definition) is 3. The van der Waals surface area contributed by atoms with Crippen LogP contribution in [0.1, 0.15) is 29.8 Å². The lowest BCUT2D eigenvalue weighted by Crippen LogP contribution is -2.15. The molecule has 0 aliphatic rings. The number of alkyl halides is 3. The number of nitrogens with zero attached hydrogens (tertiary/aromatic N) is 3. The van der Waals surface area contributed by atoms with Crippen molar-refractivity contribution >= 4 is 10.9 Å². The summed E-state index contributed by atoms with van der Waals surface area (Å²) in [5.41, 5.74) is -0.361. The van der Waals surface area contributed by atoms with E-state index in [9.17, 15) is 17.6 Å². The molecule has 2 aromatic heterocycles. The first-order valence-corrected chi connectivity index (χ1v) is 8.08. The Morgan fingerprint density at radius 3 is 2.59 bits per heavy atom. The number of fused-ring (bicyclic) bond motifs is 1. The zero-order valence-electron chi connectivity index (χ0n) is 14.5. The number of aromatic nitrogens is 2. The Hall–Kier alpha value is -3.08. The van der Waals surface area contributed by atoms with Crippen molar-refractivity contribution in [3.8, 4) is 11.8 Å². The van der Waals surface area contributed by atoms with Crippen molar-refractivity contribution in [2.45, 2.75) is 26.1 Å². The van der Waals surface area contributed by atoms with Crippen LogP contribution in [0, 0.1) is 24.2 Å². The largest absolute Gasteiger partial charge is 0.490 e. The fourth-order valence-electron chi connectivity index (χ4n) is 3.16. The second kappa shape index (κ2) is 6.91. The van der Waals surface area contributed by atoms with Crippen LogP contribution in [0.3, 0.4) is 0 Å². The van der Waals surface area contributed by atoms with E-state index >= 15 is 0 Å². The zero-order chi connectivity index (χ0) is 19.8. The first-order chi connectivity index (χ1) is 12.7. The summed E-state index contributed by atoms with van der Waals surface area (Å²) < 4.78 is 60.6. The lowest BCUT2D eigenvalue weighted by atomic mass is 10.0. The van der Waals surface area contributed by atoms with Gasteiger partial charge in [-0.15, -0.1) is 0 Å². The molecule has 1 aromatic carbocycles. The summed E-state index contributed by atoms with van der Waals surface area (Å²) in [6, 6.07) is 8.01. The first kappa shape index (κ1) is 18.7. The third-order valence-electron chi connectivity index (χ3n) is 4.25. The van der Waals surface area contributed by atoms with Crippen LogP contribution in [-0.2, 0) is 6.18 Å². The summed E-state index contributed by atoms with van der Waals surface area (Å²) in [5, 5.41) is 9.03. The van der Waals surface area contributed by atoms with Crippen LogP contribution in [-0.4, -0.2) is 16.2 Å². The molecule has 4 nitrogen and oxygen atoms in total. The minimum atomic E-state index is -4.64. The van der Waals surface area contributed by atoms with Crippen molar-refractivity contribution in [3.63, 3.8) is 0 Å². The van der Waals surface area contributed by atoms with E-state index in [0.717, 1.165) is 6.07 Å². The average molecular weight is 377 g/mol. The van der Waals surface area contributed by atoms with Gasteiger partial charge in [0.2, 0.25) is 5.95 Å². The topological polar surface area (TPSA) is 50.8 Å². The minimum absolute atomic E-state index is 0.0191. The average Bonchev–Trinajstić information content (AvgIpc) is 2.94. The number of rotatable bonds is 4. The fourth-order valence-corrected chi connectivity index (χ4v) is 3.16. The molecule has 140 valence electrons. The molecule has 0 fully saturated rings. The second-order valence-corrected chi connectivity index (χ2v) is 6.16. The molecule has 0 amide bonds. The highest BCUT2D eigenvalue weighted by molar-refractivity contribution is 5.87. The van der Waals surface area contributed by atoms with Crippen molar-refractivity contribution in [1.29, 1.82) is 5.26 Å². The maximum Gasteiger partial charge on any atom is 0.418 e. The van der Waals surface area contributed by atoms with E-state index < -0.39 is 23.3 Å². The van der Waals surface area contributed by atoms with Gasteiger partial charge in [0.1, 0.15) is 12.4 Å². The predicted molar refractivity (Wildman–Crippen MR) is 90.8 cm³/mol. The Labute approximate surface area is 152 Å². The number of halogens is 4. The maximum absolute atomic E-state index is 13.5. The number of pyridine rings is 1. The van der Waals surface area contributed by atoms with Crippen molar-refractivity contribution in [2.75, 3.05) is 6.61 Å². The Bertz CT molecular complexity index is 1020. The summed E-state index contributed by atoms with van der Waals surface area (Å²) in [5.74, 6) is -0.268.